The van der Waals surface area contributed by atoms with Gasteiger partial charge in [0, 0.05) is 26.0 Å². The highest BCUT2D eigenvalue weighted by Crippen LogP contribution is 2.28. The molecule has 4 aromatic rings. The number of aryl methyl sites for hydroxylation is 1. The Hall–Kier alpha value is -3.69. The third-order valence-corrected chi connectivity index (χ3v) is 4.77. The first-order valence-electron chi connectivity index (χ1n) is 8.97. The summed E-state index contributed by atoms with van der Waals surface area (Å²) in [5, 5.41) is -0.0775. The Morgan fingerprint density at radius 1 is 1.00 bits per heavy atom. The van der Waals surface area contributed by atoms with Gasteiger partial charge in [-0.25, -0.2) is 14.8 Å². The van der Waals surface area contributed by atoms with E-state index >= 15 is 0 Å². The van der Waals surface area contributed by atoms with Gasteiger partial charge in [0.25, 0.3) is 5.56 Å². The van der Waals surface area contributed by atoms with E-state index in [9.17, 15) is 22.8 Å². The Kier molecular flexibility index (Phi) is 4.76. The van der Waals surface area contributed by atoms with Crippen LogP contribution in [-0.4, -0.2) is 23.7 Å². The zero-order valence-electron chi connectivity index (χ0n) is 15.8. The van der Waals surface area contributed by atoms with Crippen LogP contribution < -0.4 is 11.2 Å². The van der Waals surface area contributed by atoms with Gasteiger partial charge in [-0.1, -0.05) is 30.3 Å². The molecule has 0 bridgehead atoms. The number of hydrogen-bond donors (Lipinski definition) is 0. The predicted molar refractivity (Wildman–Crippen MR) is 103 cm³/mol. The average Bonchev–Trinajstić information content (AvgIpc) is 3.16. The van der Waals surface area contributed by atoms with E-state index in [-0.39, 0.29) is 17.6 Å². The molecular formula is C20H16F3N5O2. The fraction of sp³-hybridized carbons (Fsp3) is 0.200. The molecule has 0 radical (unpaired) electrons. The molecule has 3 aromatic heterocycles. The van der Waals surface area contributed by atoms with Gasteiger partial charge in [0.15, 0.2) is 0 Å². The largest absolute Gasteiger partial charge is 0.433 e. The number of benzene rings is 1. The Balaban J connectivity index is 1.77. The molecule has 0 amide bonds. The van der Waals surface area contributed by atoms with Crippen LogP contribution in [0.3, 0.4) is 0 Å². The Labute approximate surface area is 167 Å². The lowest BCUT2D eigenvalue weighted by Gasteiger charge is -2.13. The van der Waals surface area contributed by atoms with E-state index in [1.165, 1.54) is 7.05 Å². The molecule has 0 atom stereocenters. The highest BCUT2D eigenvalue weighted by Gasteiger charge is 2.33. The Morgan fingerprint density at radius 3 is 2.43 bits per heavy atom. The molecule has 0 saturated carbocycles. The number of rotatable bonds is 4. The summed E-state index contributed by atoms with van der Waals surface area (Å²) in [6, 6.07) is 11.4. The lowest BCUT2D eigenvalue weighted by molar-refractivity contribution is -0.141. The zero-order valence-corrected chi connectivity index (χ0v) is 15.8. The van der Waals surface area contributed by atoms with Crippen LogP contribution in [0.15, 0.2) is 64.4 Å². The van der Waals surface area contributed by atoms with Crippen molar-refractivity contribution in [1.29, 1.82) is 0 Å². The lowest BCUT2D eigenvalue weighted by Crippen LogP contribution is -2.40. The molecule has 0 aliphatic rings. The van der Waals surface area contributed by atoms with Crippen LogP contribution in [0.5, 0.6) is 0 Å². The monoisotopic (exact) mass is 415 g/mol. The fourth-order valence-electron chi connectivity index (χ4n) is 3.23. The van der Waals surface area contributed by atoms with Gasteiger partial charge in [-0.05, 0) is 17.7 Å². The molecule has 7 nitrogen and oxygen atoms in total. The summed E-state index contributed by atoms with van der Waals surface area (Å²) in [5.41, 5.74) is -1.96. The zero-order chi connectivity index (χ0) is 21.5. The summed E-state index contributed by atoms with van der Waals surface area (Å²) in [7, 11) is 1.28. The molecule has 10 heteroatoms. The molecule has 154 valence electrons. The minimum Gasteiger partial charge on any atom is -0.329 e. The van der Waals surface area contributed by atoms with Crippen LogP contribution in [-0.2, 0) is 26.3 Å². The second-order valence-electron chi connectivity index (χ2n) is 6.76. The highest BCUT2D eigenvalue weighted by molar-refractivity contribution is 5.74. The van der Waals surface area contributed by atoms with Gasteiger partial charge in [-0.15, -0.1) is 0 Å². The van der Waals surface area contributed by atoms with E-state index in [2.05, 4.69) is 9.97 Å². The van der Waals surface area contributed by atoms with Crippen molar-refractivity contribution in [3.63, 3.8) is 0 Å². The predicted octanol–water partition coefficient (Wildman–Crippen LogP) is 2.41. The Bertz CT molecular complexity index is 1340. The molecule has 0 fully saturated rings. The molecular weight excluding hydrogens is 399 g/mol. The van der Waals surface area contributed by atoms with Crippen LogP contribution in [0.25, 0.3) is 11.0 Å². The maximum absolute atomic E-state index is 13.0. The summed E-state index contributed by atoms with van der Waals surface area (Å²) in [5.74, 6) is 0.470. The van der Waals surface area contributed by atoms with Crippen molar-refractivity contribution >= 4 is 11.0 Å². The van der Waals surface area contributed by atoms with Crippen LogP contribution in [0.4, 0.5) is 13.2 Å². The SMILES string of the molecule is Cn1c(=O)n(Cc2nccn2Cc2ccccc2)c(=O)c2ccc(C(F)(F)F)nc21. The number of alkyl halides is 3. The van der Waals surface area contributed by atoms with Crippen molar-refractivity contribution < 1.29 is 13.2 Å². The smallest absolute Gasteiger partial charge is 0.329 e. The van der Waals surface area contributed by atoms with E-state index in [4.69, 9.17) is 0 Å². The molecule has 1 aromatic carbocycles. The van der Waals surface area contributed by atoms with Crippen molar-refractivity contribution in [3.05, 3.63) is 92.8 Å². The molecule has 0 aliphatic carbocycles. The molecule has 0 aliphatic heterocycles. The van der Waals surface area contributed by atoms with E-state index in [1.54, 1.807) is 17.0 Å². The van der Waals surface area contributed by atoms with Gasteiger partial charge >= 0.3 is 11.9 Å². The van der Waals surface area contributed by atoms with Crippen LogP contribution in [0.2, 0.25) is 0 Å². The van der Waals surface area contributed by atoms with Crippen molar-refractivity contribution in [2.24, 2.45) is 7.05 Å². The standard InChI is InChI=1S/C20H16F3N5O2/c1-26-17-14(7-8-15(25-17)20(21,22)23)18(29)28(19(26)30)12-16-24-9-10-27(16)11-13-5-3-2-4-6-13/h2-10H,11-12H2,1H3. The van der Waals surface area contributed by atoms with Crippen LogP contribution in [0, 0.1) is 0 Å². The third kappa shape index (κ3) is 3.51. The number of pyridine rings is 1. The minimum absolute atomic E-state index is 0.0775. The molecule has 0 unspecified atom stereocenters. The number of aromatic nitrogens is 5. The number of halogens is 3. The highest BCUT2D eigenvalue weighted by atomic mass is 19.4. The van der Waals surface area contributed by atoms with Gasteiger partial charge < -0.3 is 4.57 Å². The fourth-order valence-corrected chi connectivity index (χ4v) is 3.23. The van der Waals surface area contributed by atoms with E-state index in [0.717, 1.165) is 26.8 Å². The van der Waals surface area contributed by atoms with Gasteiger partial charge in [-0.3, -0.25) is 13.9 Å². The summed E-state index contributed by atoms with van der Waals surface area (Å²) in [4.78, 5) is 33.3. The van der Waals surface area contributed by atoms with Gasteiger partial charge in [0.2, 0.25) is 0 Å². The van der Waals surface area contributed by atoms with Gasteiger partial charge in [0.05, 0.1) is 11.9 Å². The number of imidazole rings is 1. The van der Waals surface area contributed by atoms with Gasteiger partial charge in [-0.2, -0.15) is 13.2 Å². The second-order valence-corrected chi connectivity index (χ2v) is 6.76. The minimum atomic E-state index is -4.68. The molecule has 0 spiro atoms. The molecule has 0 saturated heterocycles. The quantitative estimate of drug-likeness (QED) is 0.513. The van der Waals surface area contributed by atoms with E-state index in [0.29, 0.717) is 12.4 Å². The topological polar surface area (TPSA) is 74.7 Å². The second kappa shape index (κ2) is 7.29. The van der Waals surface area contributed by atoms with E-state index < -0.39 is 23.1 Å². The maximum Gasteiger partial charge on any atom is 0.433 e. The van der Waals surface area contributed by atoms with Crippen molar-refractivity contribution in [2.45, 2.75) is 19.3 Å². The molecule has 4 rings (SSSR count). The number of hydrogen-bond acceptors (Lipinski definition) is 4. The first-order chi connectivity index (χ1) is 14.3. The summed E-state index contributed by atoms with van der Waals surface area (Å²) < 4.78 is 42.6. The van der Waals surface area contributed by atoms with Crippen LogP contribution in [0.1, 0.15) is 17.1 Å². The van der Waals surface area contributed by atoms with Crippen LogP contribution >= 0.6 is 0 Å². The van der Waals surface area contributed by atoms with Crippen molar-refractivity contribution in [2.75, 3.05) is 0 Å². The van der Waals surface area contributed by atoms with Crippen molar-refractivity contribution in [3.8, 4) is 0 Å². The summed E-state index contributed by atoms with van der Waals surface area (Å²) in [6.45, 7) is 0.373. The molecule has 3 heterocycles. The summed E-state index contributed by atoms with van der Waals surface area (Å²) in [6.07, 6.45) is -1.39. The Morgan fingerprint density at radius 2 is 1.73 bits per heavy atom. The lowest BCUT2D eigenvalue weighted by atomic mass is 10.2. The molecule has 0 N–H and O–H groups in total. The van der Waals surface area contributed by atoms with Gasteiger partial charge in [0.1, 0.15) is 17.2 Å². The van der Waals surface area contributed by atoms with E-state index in [1.807, 2.05) is 30.3 Å². The normalized spacial score (nSPS) is 11.9. The average molecular weight is 415 g/mol. The first kappa shape index (κ1) is 19.6. The number of nitrogens with zero attached hydrogens (tertiary/aromatic N) is 5. The first-order valence-corrected chi connectivity index (χ1v) is 8.97. The summed E-state index contributed by atoms with van der Waals surface area (Å²) >= 11 is 0. The number of fused-ring (bicyclic) bond motifs is 1. The maximum atomic E-state index is 13.0. The van der Waals surface area contributed by atoms with Crippen molar-refractivity contribution in [1.82, 2.24) is 23.7 Å². The third-order valence-electron chi connectivity index (χ3n) is 4.77. The molecule has 30 heavy (non-hydrogen) atoms.